The molecule has 0 aromatic heterocycles. The van der Waals surface area contributed by atoms with E-state index in [1.54, 1.807) is 6.92 Å². The Balaban J connectivity index is 0.00000576. The number of halogens is 1. The Morgan fingerprint density at radius 3 is 2.36 bits per heavy atom. The smallest absolute Gasteiger partial charge is 0.219 e. The third kappa shape index (κ3) is 11.6. The number of carbonyl (C=O) groups excluding carboxylic acids is 1. The summed E-state index contributed by atoms with van der Waals surface area (Å²) in [4.78, 5) is 20.3. The summed E-state index contributed by atoms with van der Waals surface area (Å²) in [6.07, 6.45) is 3.69. The number of hydrogen-bond donors (Lipinski definition) is 2. The Morgan fingerprint density at radius 1 is 1.12 bits per heavy atom. The largest absolute Gasteiger partial charge is 0.357 e. The molecule has 0 saturated carbocycles. The summed E-state index contributed by atoms with van der Waals surface area (Å²) in [5.74, 6) is 1.89. The van der Waals surface area contributed by atoms with Gasteiger partial charge in [0.25, 0.3) is 0 Å². The summed E-state index contributed by atoms with van der Waals surface area (Å²) in [5.41, 5.74) is 0. The van der Waals surface area contributed by atoms with Crippen molar-refractivity contribution < 1.29 is 4.79 Å². The number of rotatable bonds is 9. The Kier molecular flexibility index (Phi) is 14.3. The molecule has 1 amide bonds. The Morgan fingerprint density at radius 2 is 1.80 bits per heavy atom. The molecule has 0 bridgehead atoms. The third-order valence-corrected chi connectivity index (χ3v) is 4.34. The fourth-order valence-electron chi connectivity index (χ4n) is 2.82. The first-order chi connectivity index (χ1) is 11.5. The molecular weight excluding hydrogens is 429 g/mol. The molecule has 7 heteroatoms. The fourth-order valence-corrected chi connectivity index (χ4v) is 2.82. The van der Waals surface area contributed by atoms with Crippen LogP contribution >= 0.6 is 24.0 Å². The molecule has 0 aromatic rings. The fraction of sp³-hybridized carbons (Fsp3) is 0.889. The lowest BCUT2D eigenvalue weighted by Crippen LogP contribution is -2.50. The van der Waals surface area contributed by atoms with Crippen LogP contribution in [0.1, 0.15) is 47.0 Å². The lowest BCUT2D eigenvalue weighted by Gasteiger charge is -2.34. The highest BCUT2D eigenvalue weighted by Gasteiger charge is 2.17. The molecule has 1 aliphatic rings. The summed E-state index contributed by atoms with van der Waals surface area (Å²) >= 11 is 0. The SMILES string of the molecule is CCNC(=NCCCCC(C)C)NCCN1CCN(C(C)=O)CC1.I. The molecule has 0 aliphatic carbocycles. The summed E-state index contributed by atoms with van der Waals surface area (Å²) in [5, 5.41) is 6.73. The van der Waals surface area contributed by atoms with Crippen molar-refractivity contribution in [2.75, 3.05) is 52.4 Å². The van der Waals surface area contributed by atoms with Crippen molar-refractivity contribution in [3.8, 4) is 0 Å². The van der Waals surface area contributed by atoms with E-state index in [1.807, 2.05) is 4.90 Å². The number of piperazine rings is 1. The van der Waals surface area contributed by atoms with Gasteiger partial charge in [-0.15, -0.1) is 24.0 Å². The molecule has 1 aliphatic heterocycles. The Hall–Kier alpha value is -0.570. The first-order valence-electron chi connectivity index (χ1n) is 9.53. The molecular formula is C18H38IN5O. The van der Waals surface area contributed by atoms with E-state index >= 15 is 0 Å². The number of hydrogen-bond acceptors (Lipinski definition) is 3. The van der Waals surface area contributed by atoms with E-state index in [2.05, 4.69) is 41.3 Å². The van der Waals surface area contributed by atoms with Gasteiger partial charge in [-0.3, -0.25) is 14.7 Å². The van der Waals surface area contributed by atoms with Gasteiger partial charge in [-0.05, 0) is 19.3 Å². The monoisotopic (exact) mass is 467 g/mol. The van der Waals surface area contributed by atoms with E-state index in [-0.39, 0.29) is 29.9 Å². The topological polar surface area (TPSA) is 60.0 Å². The van der Waals surface area contributed by atoms with Gasteiger partial charge in [0.1, 0.15) is 0 Å². The molecule has 0 unspecified atom stereocenters. The molecule has 1 saturated heterocycles. The van der Waals surface area contributed by atoms with Crippen LogP contribution < -0.4 is 10.6 Å². The number of amides is 1. The van der Waals surface area contributed by atoms with Crippen LogP contribution in [0.15, 0.2) is 4.99 Å². The number of nitrogens with one attached hydrogen (secondary N) is 2. The summed E-state index contributed by atoms with van der Waals surface area (Å²) in [7, 11) is 0. The maximum atomic E-state index is 11.3. The van der Waals surface area contributed by atoms with Crippen LogP contribution in [0.3, 0.4) is 0 Å². The van der Waals surface area contributed by atoms with Crippen molar-refractivity contribution in [1.82, 2.24) is 20.4 Å². The lowest BCUT2D eigenvalue weighted by molar-refractivity contribution is -0.130. The molecule has 1 heterocycles. The van der Waals surface area contributed by atoms with Gasteiger partial charge in [0.05, 0.1) is 0 Å². The van der Waals surface area contributed by atoms with Crippen LogP contribution in [0.5, 0.6) is 0 Å². The second-order valence-electron chi connectivity index (χ2n) is 6.92. The Labute approximate surface area is 171 Å². The zero-order valence-corrected chi connectivity index (χ0v) is 18.8. The molecule has 0 radical (unpaired) electrons. The lowest BCUT2D eigenvalue weighted by atomic mass is 10.1. The van der Waals surface area contributed by atoms with Gasteiger partial charge in [0.2, 0.25) is 5.91 Å². The zero-order valence-electron chi connectivity index (χ0n) is 16.5. The summed E-state index contributed by atoms with van der Waals surface area (Å²) < 4.78 is 0. The van der Waals surface area contributed by atoms with E-state index < -0.39 is 0 Å². The van der Waals surface area contributed by atoms with Crippen LogP contribution in [0.25, 0.3) is 0 Å². The van der Waals surface area contributed by atoms with Crippen LogP contribution in [0, 0.1) is 5.92 Å². The maximum absolute atomic E-state index is 11.3. The molecule has 1 rings (SSSR count). The van der Waals surface area contributed by atoms with Gasteiger partial charge in [0.15, 0.2) is 5.96 Å². The molecule has 0 atom stereocenters. The quantitative estimate of drug-likeness (QED) is 0.236. The minimum Gasteiger partial charge on any atom is -0.357 e. The molecule has 0 spiro atoms. The number of aliphatic imine (C=N–C) groups is 1. The van der Waals surface area contributed by atoms with Crippen LogP contribution in [-0.4, -0.2) is 74.0 Å². The molecule has 0 aromatic carbocycles. The van der Waals surface area contributed by atoms with E-state index in [0.29, 0.717) is 0 Å². The summed E-state index contributed by atoms with van der Waals surface area (Å²) in [6.45, 7) is 15.5. The van der Waals surface area contributed by atoms with Crippen molar-refractivity contribution in [3.05, 3.63) is 0 Å². The van der Waals surface area contributed by atoms with Crippen molar-refractivity contribution in [2.45, 2.75) is 47.0 Å². The number of guanidine groups is 1. The van der Waals surface area contributed by atoms with Gasteiger partial charge >= 0.3 is 0 Å². The Bertz CT molecular complexity index is 382. The second kappa shape index (κ2) is 14.6. The number of unbranched alkanes of at least 4 members (excludes halogenated alkanes) is 1. The van der Waals surface area contributed by atoms with Gasteiger partial charge < -0.3 is 15.5 Å². The highest BCUT2D eigenvalue weighted by molar-refractivity contribution is 14.0. The standard InChI is InChI=1S/C18H37N5O.HI/c1-5-19-18(20-9-7-6-8-16(2)3)21-10-11-22-12-14-23(15-13-22)17(4)24;/h16H,5-15H2,1-4H3,(H2,19,20,21);1H. The normalized spacial score (nSPS) is 15.9. The average Bonchev–Trinajstić information content (AvgIpc) is 2.54. The van der Waals surface area contributed by atoms with E-state index in [1.165, 1.54) is 12.8 Å². The van der Waals surface area contributed by atoms with Crippen molar-refractivity contribution >= 4 is 35.8 Å². The molecule has 1 fully saturated rings. The number of nitrogens with zero attached hydrogens (tertiary/aromatic N) is 3. The van der Waals surface area contributed by atoms with Crippen LogP contribution in [0.4, 0.5) is 0 Å². The highest BCUT2D eigenvalue weighted by atomic mass is 127. The van der Waals surface area contributed by atoms with E-state index in [9.17, 15) is 4.79 Å². The molecule has 25 heavy (non-hydrogen) atoms. The highest BCUT2D eigenvalue weighted by Crippen LogP contribution is 2.05. The first-order valence-corrected chi connectivity index (χ1v) is 9.53. The van der Waals surface area contributed by atoms with Crippen LogP contribution in [0.2, 0.25) is 0 Å². The van der Waals surface area contributed by atoms with Gasteiger partial charge in [-0.2, -0.15) is 0 Å². The number of carbonyl (C=O) groups is 1. The first kappa shape index (κ1) is 24.4. The van der Waals surface area contributed by atoms with Gasteiger partial charge in [0, 0.05) is 59.3 Å². The predicted molar refractivity (Wildman–Crippen MR) is 117 cm³/mol. The molecule has 148 valence electrons. The van der Waals surface area contributed by atoms with Crippen molar-refractivity contribution in [3.63, 3.8) is 0 Å². The average molecular weight is 467 g/mol. The summed E-state index contributed by atoms with van der Waals surface area (Å²) in [6, 6.07) is 0. The predicted octanol–water partition coefficient (Wildman–Crippen LogP) is 2.15. The minimum atomic E-state index is 0. The van der Waals surface area contributed by atoms with E-state index in [0.717, 1.165) is 70.7 Å². The van der Waals surface area contributed by atoms with Gasteiger partial charge in [-0.25, -0.2) is 0 Å². The van der Waals surface area contributed by atoms with Gasteiger partial charge in [-0.1, -0.05) is 26.7 Å². The molecule has 6 nitrogen and oxygen atoms in total. The maximum Gasteiger partial charge on any atom is 0.219 e. The molecule has 2 N–H and O–H groups in total. The van der Waals surface area contributed by atoms with Crippen LogP contribution in [-0.2, 0) is 4.79 Å². The van der Waals surface area contributed by atoms with Crippen molar-refractivity contribution in [1.29, 1.82) is 0 Å². The second-order valence-corrected chi connectivity index (χ2v) is 6.92. The van der Waals surface area contributed by atoms with E-state index in [4.69, 9.17) is 0 Å². The van der Waals surface area contributed by atoms with Crippen molar-refractivity contribution in [2.24, 2.45) is 10.9 Å². The minimum absolute atomic E-state index is 0. The third-order valence-electron chi connectivity index (χ3n) is 4.34. The zero-order chi connectivity index (χ0) is 17.8.